The molecule has 1 atom stereocenters. The Kier molecular flexibility index (Phi) is 4.92. The molecule has 5 nitrogen and oxygen atoms in total. The monoisotopic (exact) mass is 319 g/mol. The zero-order valence-electron chi connectivity index (χ0n) is 11.8. The summed E-state index contributed by atoms with van der Waals surface area (Å²) in [4.78, 5) is 1.61. The summed E-state index contributed by atoms with van der Waals surface area (Å²) in [6.07, 6.45) is 0. The summed E-state index contributed by atoms with van der Waals surface area (Å²) in [5, 5.41) is 0. The minimum atomic E-state index is -3.93. The average Bonchev–Trinajstić information content (AvgIpc) is 2.46. The van der Waals surface area contributed by atoms with Gasteiger partial charge >= 0.3 is 0 Å². The van der Waals surface area contributed by atoms with E-state index < -0.39 is 26.6 Å². The highest BCUT2D eigenvalue weighted by Gasteiger charge is 2.31. The van der Waals surface area contributed by atoms with Crippen LogP contribution in [-0.2, 0) is 10.0 Å². The van der Waals surface area contributed by atoms with Crippen molar-refractivity contribution in [3.63, 3.8) is 0 Å². The van der Waals surface area contributed by atoms with Gasteiger partial charge in [-0.15, -0.1) is 0 Å². The molecule has 8 heteroatoms. The van der Waals surface area contributed by atoms with Gasteiger partial charge in [0.05, 0.1) is 0 Å². The van der Waals surface area contributed by atoms with Crippen molar-refractivity contribution in [3.8, 4) is 0 Å². The molecule has 1 fully saturated rings. The van der Waals surface area contributed by atoms with Gasteiger partial charge in [0.25, 0.3) is 0 Å². The van der Waals surface area contributed by atoms with Gasteiger partial charge in [-0.3, -0.25) is 4.90 Å². The highest BCUT2D eigenvalue weighted by Crippen LogP contribution is 2.21. The molecule has 0 aromatic heterocycles. The van der Waals surface area contributed by atoms with Gasteiger partial charge in [0.2, 0.25) is 10.0 Å². The molecule has 0 spiro atoms. The molecule has 2 rings (SSSR count). The van der Waals surface area contributed by atoms with Crippen molar-refractivity contribution in [1.82, 2.24) is 9.21 Å². The number of hydrogen-bond acceptors (Lipinski definition) is 4. The highest BCUT2D eigenvalue weighted by atomic mass is 32.2. The molecule has 1 unspecified atom stereocenters. The first kappa shape index (κ1) is 16.3. The quantitative estimate of drug-likeness (QED) is 0.883. The van der Waals surface area contributed by atoms with Crippen LogP contribution in [-0.4, -0.2) is 56.4 Å². The Labute approximate surface area is 123 Å². The van der Waals surface area contributed by atoms with Gasteiger partial charge < -0.3 is 5.73 Å². The van der Waals surface area contributed by atoms with Crippen molar-refractivity contribution in [3.05, 3.63) is 29.8 Å². The van der Waals surface area contributed by atoms with E-state index in [1.807, 2.05) is 6.92 Å². The fraction of sp³-hybridized carbons (Fsp3) is 0.538. The first-order valence-electron chi connectivity index (χ1n) is 6.75. The zero-order valence-corrected chi connectivity index (χ0v) is 12.6. The molecule has 21 heavy (non-hydrogen) atoms. The van der Waals surface area contributed by atoms with Crippen LogP contribution < -0.4 is 5.73 Å². The lowest BCUT2D eigenvalue weighted by Gasteiger charge is -2.37. The fourth-order valence-corrected chi connectivity index (χ4v) is 3.82. The maximum atomic E-state index is 13.7. The van der Waals surface area contributed by atoms with E-state index in [1.165, 1.54) is 4.31 Å². The molecule has 2 N–H and O–H groups in total. The highest BCUT2D eigenvalue weighted by molar-refractivity contribution is 7.89. The molecule has 1 aliphatic heterocycles. The predicted octanol–water partition coefficient (Wildman–Crippen LogP) is 0.618. The summed E-state index contributed by atoms with van der Waals surface area (Å²) in [6.45, 7) is 4.09. The van der Waals surface area contributed by atoms with Gasteiger partial charge in [0.1, 0.15) is 16.5 Å². The minimum absolute atomic E-state index is 0.178. The number of halogens is 2. The standard InChI is InChI=1S/C13H19F2N3O2S/c1-10(9-16)17-4-6-18(7-5-17)21(19,20)13-3-2-11(14)8-12(13)15/h2-3,8,10H,4-7,9,16H2,1H3. The van der Waals surface area contributed by atoms with Crippen LogP contribution >= 0.6 is 0 Å². The third-order valence-corrected chi connectivity index (χ3v) is 5.68. The topological polar surface area (TPSA) is 66.6 Å². The number of benzene rings is 1. The van der Waals surface area contributed by atoms with E-state index in [1.54, 1.807) is 0 Å². The Hall–Kier alpha value is -1.09. The summed E-state index contributed by atoms with van der Waals surface area (Å²) in [7, 11) is -3.93. The molecular weight excluding hydrogens is 300 g/mol. The van der Waals surface area contributed by atoms with Crippen molar-refractivity contribution < 1.29 is 17.2 Å². The first-order valence-corrected chi connectivity index (χ1v) is 8.19. The number of nitrogens with zero attached hydrogens (tertiary/aromatic N) is 2. The molecule has 1 heterocycles. The Morgan fingerprint density at radius 3 is 2.38 bits per heavy atom. The third kappa shape index (κ3) is 3.39. The van der Waals surface area contributed by atoms with Gasteiger partial charge in [-0.25, -0.2) is 17.2 Å². The van der Waals surface area contributed by atoms with Crippen LogP contribution in [0.15, 0.2) is 23.1 Å². The minimum Gasteiger partial charge on any atom is -0.329 e. The Morgan fingerprint density at radius 2 is 1.86 bits per heavy atom. The van der Waals surface area contributed by atoms with Gasteiger partial charge in [-0.2, -0.15) is 4.31 Å². The normalized spacial score (nSPS) is 19.6. The maximum Gasteiger partial charge on any atom is 0.246 e. The molecule has 118 valence electrons. The second-order valence-electron chi connectivity index (χ2n) is 5.10. The van der Waals surface area contributed by atoms with E-state index in [4.69, 9.17) is 5.73 Å². The lowest BCUT2D eigenvalue weighted by atomic mass is 10.2. The lowest BCUT2D eigenvalue weighted by molar-refractivity contribution is 0.148. The van der Waals surface area contributed by atoms with E-state index in [0.29, 0.717) is 25.7 Å². The largest absolute Gasteiger partial charge is 0.329 e. The first-order chi connectivity index (χ1) is 9.86. The molecule has 0 saturated carbocycles. The molecule has 1 aliphatic rings. The van der Waals surface area contributed by atoms with Crippen molar-refractivity contribution in [2.24, 2.45) is 5.73 Å². The number of piperazine rings is 1. The third-order valence-electron chi connectivity index (χ3n) is 3.75. The summed E-state index contributed by atoms with van der Waals surface area (Å²) in [5.41, 5.74) is 5.59. The summed E-state index contributed by atoms with van der Waals surface area (Å²) in [6, 6.07) is 2.68. The summed E-state index contributed by atoms with van der Waals surface area (Å²) >= 11 is 0. The Morgan fingerprint density at radius 1 is 1.24 bits per heavy atom. The molecule has 1 aromatic carbocycles. The molecule has 1 aromatic rings. The lowest BCUT2D eigenvalue weighted by Crippen LogP contribution is -2.52. The average molecular weight is 319 g/mol. The Balaban J connectivity index is 2.15. The fourth-order valence-electron chi connectivity index (χ4n) is 2.36. The molecule has 0 radical (unpaired) electrons. The van der Waals surface area contributed by atoms with E-state index in [9.17, 15) is 17.2 Å². The van der Waals surface area contributed by atoms with Crippen LogP contribution in [0, 0.1) is 11.6 Å². The van der Waals surface area contributed by atoms with Crippen LogP contribution in [0.25, 0.3) is 0 Å². The molecular formula is C13H19F2N3O2S. The van der Waals surface area contributed by atoms with E-state index in [-0.39, 0.29) is 19.1 Å². The van der Waals surface area contributed by atoms with Gasteiger partial charge in [-0.05, 0) is 19.1 Å². The van der Waals surface area contributed by atoms with E-state index in [2.05, 4.69) is 4.90 Å². The van der Waals surface area contributed by atoms with Crippen LogP contribution in [0.5, 0.6) is 0 Å². The second-order valence-corrected chi connectivity index (χ2v) is 7.01. The Bertz CT molecular complexity index is 601. The van der Waals surface area contributed by atoms with Crippen molar-refractivity contribution in [1.29, 1.82) is 0 Å². The van der Waals surface area contributed by atoms with Crippen molar-refractivity contribution in [2.45, 2.75) is 17.9 Å². The van der Waals surface area contributed by atoms with Crippen LogP contribution in [0.4, 0.5) is 8.78 Å². The number of sulfonamides is 1. The summed E-state index contributed by atoms with van der Waals surface area (Å²) < 4.78 is 52.6. The van der Waals surface area contributed by atoms with Gasteiger partial charge in [0.15, 0.2) is 0 Å². The van der Waals surface area contributed by atoms with E-state index >= 15 is 0 Å². The molecule has 0 amide bonds. The smallest absolute Gasteiger partial charge is 0.246 e. The van der Waals surface area contributed by atoms with Crippen LogP contribution in [0.2, 0.25) is 0 Å². The number of hydrogen-bond donors (Lipinski definition) is 1. The van der Waals surface area contributed by atoms with Crippen molar-refractivity contribution in [2.75, 3.05) is 32.7 Å². The SMILES string of the molecule is CC(CN)N1CCN(S(=O)(=O)c2ccc(F)cc2F)CC1. The molecule has 0 bridgehead atoms. The van der Waals surface area contributed by atoms with Crippen LogP contribution in [0.1, 0.15) is 6.92 Å². The molecule has 0 aliphatic carbocycles. The van der Waals surface area contributed by atoms with Crippen molar-refractivity contribution >= 4 is 10.0 Å². The maximum absolute atomic E-state index is 13.7. The van der Waals surface area contributed by atoms with Gasteiger partial charge in [0, 0.05) is 44.8 Å². The number of rotatable bonds is 4. The molecule has 1 saturated heterocycles. The van der Waals surface area contributed by atoms with Crippen LogP contribution in [0.3, 0.4) is 0 Å². The zero-order chi connectivity index (χ0) is 15.6. The second kappa shape index (κ2) is 6.35. The summed E-state index contributed by atoms with van der Waals surface area (Å²) in [5.74, 6) is -1.86. The van der Waals surface area contributed by atoms with E-state index in [0.717, 1.165) is 12.1 Å². The van der Waals surface area contributed by atoms with Gasteiger partial charge in [-0.1, -0.05) is 0 Å². The number of nitrogens with two attached hydrogens (primary N) is 1. The predicted molar refractivity (Wildman–Crippen MR) is 75.2 cm³/mol.